The first-order valence-electron chi connectivity index (χ1n) is 5.30. The van der Waals surface area contributed by atoms with E-state index in [-0.39, 0.29) is 0 Å². The van der Waals surface area contributed by atoms with Crippen LogP contribution in [0, 0.1) is 6.92 Å². The summed E-state index contributed by atoms with van der Waals surface area (Å²) in [4.78, 5) is 0. The average Bonchev–Trinajstić information content (AvgIpc) is 2.33. The van der Waals surface area contributed by atoms with Crippen LogP contribution < -0.4 is 4.74 Å². The first kappa shape index (κ1) is 10.5. The van der Waals surface area contributed by atoms with Crippen molar-refractivity contribution in [2.24, 2.45) is 0 Å². The lowest BCUT2D eigenvalue weighted by molar-refractivity contribution is 0.481. The molecule has 0 unspecified atom stereocenters. The van der Waals surface area contributed by atoms with E-state index in [1.54, 1.807) is 6.26 Å². The molecule has 2 aromatic rings. The molecule has 80 valence electrons. The molecule has 0 N–H and O–H groups in total. The summed E-state index contributed by atoms with van der Waals surface area (Å²) in [5.41, 5.74) is 2.27. The zero-order chi connectivity index (χ0) is 11.2. The van der Waals surface area contributed by atoms with Crippen LogP contribution in [0.4, 0.5) is 0 Å². The molecule has 1 nitrogen and oxygen atoms in total. The molecule has 0 saturated heterocycles. The van der Waals surface area contributed by atoms with Gasteiger partial charge < -0.3 is 4.74 Å². The molecular formula is C15H14O. The summed E-state index contributed by atoms with van der Waals surface area (Å²) in [6.07, 6.45) is 3.67. The second-order valence-electron chi connectivity index (χ2n) is 3.60. The highest BCUT2D eigenvalue weighted by Crippen LogP contribution is 2.16. The van der Waals surface area contributed by atoms with Crippen LogP contribution in [-0.4, -0.2) is 0 Å². The lowest BCUT2D eigenvalue weighted by Gasteiger charge is -2.02. The van der Waals surface area contributed by atoms with Gasteiger partial charge in [0.05, 0.1) is 6.26 Å². The number of ether oxygens (including phenoxy) is 1. The molecule has 0 spiro atoms. The summed E-state index contributed by atoms with van der Waals surface area (Å²) in [6.45, 7) is 2.03. The van der Waals surface area contributed by atoms with Crippen LogP contribution in [0.2, 0.25) is 0 Å². The van der Waals surface area contributed by atoms with E-state index in [2.05, 4.69) is 0 Å². The van der Waals surface area contributed by atoms with Gasteiger partial charge in [0.1, 0.15) is 5.75 Å². The van der Waals surface area contributed by atoms with Crippen molar-refractivity contribution in [2.75, 3.05) is 0 Å². The fourth-order valence-corrected chi connectivity index (χ4v) is 1.44. The Bertz CT molecular complexity index is 472. The minimum Gasteiger partial charge on any atom is -0.465 e. The highest BCUT2D eigenvalue weighted by molar-refractivity contribution is 5.48. The Morgan fingerprint density at radius 2 is 1.56 bits per heavy atom. The second kappa shape index (κ2) is 5.17. The number of hydrogen-bond donors (Lipinski definition) is 0. The Labute approximate surface area is 96.0 Å². The molecule has 0 amide bonds. The predicted octanol–water partition coefficient (Wildman–Crippen LogP) is 4.04. The van der Waals surface area contributed by atoms with E-state index >= 15 is 0 Å². The molecule has 1 heteroatoms. The molecule has 0 heterocycles. The SMILES string of the molecule is Cc1ccccc1OC=Cc1ccccc1. The van der Waals surface area contributed by atoms with Gasteiger partial charge in [0.15, 0.2) is 0 Å². The van der Waals surface area contributed by atoms with Gasteiger partial charge in [0.25, 0.3) is 0 Å². The van der Waals surface area contributed by atoms with Gasteiger partial charge in [0, 0.05) is 0 Å². The fraction of sp³-hybridized carbons (Fsp3) is 0.0667. The predicted molar refractivity (Wildman–Crippen MR) is 67.3 cm³/mol. The topological polar surface area (TPSA) is 9.23 Å². The van der Waals surface area contributed by atoms with Crippen molar-refractivity contribution >= 4 is 6.08 Å². The van der Waals surface area contributed by atoms with Crippen molar-refractivity contribution in [3.8, 4) is 5.75 Å². The van der Waals surface area contributed by atoms with Crippen LogP contribution in [0.15, 0.2) is 60.9 Å². The number of aryl methyl sites for hydroxylation is 1. The van der Waals surface area contributed by atoms with Crippen molar-refractivity contribution in [1.29, 1.82) is 0 Å². The Hall–Kier alpha value is -2.02. The third-order valence-electron chi connectivity index (χ3n) is 2.35. The number of para-hydroxylation sites is 1. The van der Waals surface area contributed by atoms with E-state index < -0.39 is 0 Å². The molecule has 0 bridgehead atoms. The van der Waals surface area contributed by atoms with Gasteiger partial charge in [-0.3, -0.25) is 0 Å². The first-order chi connectivity index (χ1) is 7.86. The summed E-state index contributed by atoms with van der Waals surface area (Å²) in [7, 11) is 0. The molecule has 0 saturated carbocycles. The van der Waals surface area contributed by atoms with E-state index in [9.17, 15) is 0 Å². The molecule has 0 aliphatic carbocycles. The van der Waals surface area contributed by atoms with Crippen LogP contribution in [0.25, 0.3) is 6.08 Å². The monoisotopic (exact) mass is 210 g/mol. The second-order valence-corrected chi connectivity index (χ2v) is 3.60. The maximum atomic E-state index is 5.56. The normalized spacial score (nSPS) is 10.6. The number of hydrogen-bond acceptors (Lipinski definition) is 1. The van der Waals surface area contributed by atoms with Crippen LogP contribution in [-0.2, 0) is 0 Å². The Morgan fingerprint density at radius 3 is 2.31 bits per heavy atom. The van der Waals surface area contributed by atoms with E-state index in [0.29, 0.717) is 0 Å². The van der Waals surface area contributed by atoms with Crippen molar-refractivity contribution in [1.82, 2.24) is 0 Å². The minimum atomic E-state index is 0.898. The molecule has 0 fully saturated rings. The molecule has 16 heavy (non-hydrogen) atoms. The molecular weight excluding hydrogens is 196 g/mol. The lowest BCUT2D eigenvalue weighted by Crippen LogP contribution is -1.84. The van der Waals surface area contributed by atoms with Gasteiger partial charge >= 0.3 is 0 Å². The van der Waals surface area contributed by atoms with Crippen molar-refractivity contribution in [3.63, 3.8) is 0 Å². The average molecular weight is 210 g/mol. The first-order valence-corrected chi connectivity index (χ1v) is 5.30. The van der Waals surface area contributed by atoms with Crippen LogP contribution >= 0.6 is 0 Å². The molecule has 0 radical (unpaired) electrons. The van der Waals surface area contributed by atoms with Crippen molar-refractivity contribution < 1.29 is 4.74 Å². The number of rotatable bonds is 3. The smallest absolute Gasteiger partial charge is 0.129 e. The molecule has 0 atom stereocenters. The van der Waals surface area contributed by atoms with Gasteiger partial charge in [-0.1, -0.05) is 48.5 Å². The van der Waals surface area contributed by atoms with Crippen LogP contribution in [0.3, 0.4) is 0 Å². The van der Waals surface area contributed by atoms with E-state index in [1.165, 1.54) is 0 Å². The van der Waals surface area contributed by atoms with Gasteiger partial charge in [-0.05, 0) is 30.2 Å². The quantitative estimate of drug-likeness (QED) is 0.694. The molecule has 2 rings (SSSR count). The third-order valence-corrected chi connectivity index (χ3v) is 2.35. The van der Waals surface area contributed by atoms with Crippen molar-refractivity contribution in [3.05, 3.63) is 72.0 Å². The third kappa shape index (κ3) is 2.74. The fourth-order valence-electron chi connectivity index (χ4n) is 1.44. The van der Waals surface area contributed by atoms with E-state index in [0.717, 1.165) is 16.9 Å². The summed E-state index contributed by atoms with van der Waals surface area (Å²) < 4.78 is 5.56. The Morgan fingerprint density at radius 1 is 0.875 bits per heavy atom. The van der Waals surface area contributed by atoms with Gasteiger partial charge in [0.2, 0.25) is 0 Å². The zero-order valence-corrected chi connectivity index (χ0v) is 9.26. The highest BCUT2D eigenvalue weighted by Gasteiger charge is 1.93. The maximum Gasteiger partial charge on any atom is 0.129 e. The van der Waals surface area contributed by atoms with E-state index in [4.69, 9.17) is 4.74 Å². The maximum absolute atomic E-state index is 5.56. The summed E-state index contributed by atoms with van der Waals surface area (Å²) >= 11 is 0. The molecule has 2 aromatic carbocycles. The lowest BCUT2D eigenvalue weighted by atomic mass is 10.2. The van der Waals surface area contributed by atoms with Crippen LogP contribution in [0.1, 0.15) is 11.1 Å². The zero-order valence-electron chi connectivity index (χ0n) is 9.26. The van der Waals surface area contributed by atoms with E-state index in [1.807, 2.05) is 67.6 Å². The van der Waals surface area contributed by atoms with Gasteiger partial charge in [-0.15, -0.1) is 0 Å². The van der Waals surface area contributed by atoms with Gasteiger partial charge in [-0.25, -0.2) is 0 Å². The Kier molecular flexibility index (Phi) is 3.39. The summed E-state index contributed by atoms with van der Waals surface area (Å²) in [5, 5.41) is 0. The molecule has 0 aliphatic rings. The highest BCUT2D eigenvalue weighted by atomic mass is 16.5. The van der Waals surface area contributed by atoms with Crippen molar-refractivity contribution in [2.45, 2.75) is 6.92 Å². The van der Waals surface area contributed by atoms with Gasteiger partial charge in [-0.2, -0.15) is 0 Å². The number of benzene rings is 2. The molecule has 0 aromatic heterocycles. The minimum absolute atomic E-state index is 0.898. The standard InChI is InChI=1S/C15H14O/c1-13-7-5-6-10-15(13)16-12-11-14-8-3-2-4-9-14/h2-12H,1H3. The largest absolute Gasteiger partial charge is 0.465 e. The molecule has 0 aliphatic heterocycles. The Balaban J connectivity index is 2.03. The van der Waals surface area contributed by atoms with Crippen LogP contribution in [0.5, 0.6) is 5.75 Å². The summed E-state index contributed by atoms with van der Waals surface area (Å²) in [6, 6.07) is 18.1. The summed E-state index contributed by atoms with van der Waals surface area (Å²) in [5.74, 6) is 0.898.